The summed E-state index contributed by atoms with van der Waals surface area (Å²) >= 11 is 2.42. The third kappa shape index (κ3) is 6.21. The highest BCUT2D eigenvalue weighted by Crippen LogP contribution is 2.47. The highest BCUT2D eigenvalue weighted by atomic mass is 127. The lowest BCUT2D eigenvalue weighted by Crippen LogP contribution is -2.38. The Hall–Kier alpha value is -0.580. The molecule has 164 valence electrons. The van der Waals surface area contributed by atoms with E-state index in [4.69, 9.17) is 0 Å². The SMILES string of the molecule is CC(C)C(CCCCCCCCCn1cc(I)c2cccnc21)(C(C)C)C(C)C. The van der Waals surface area contributed by atoms with Gasteiger partial charge in [0.25, 0.3) is 0 Å². The van der Waals surface area contributed by atoms with Crippen molar-refractivity contribution < 1.29 is 0 Å². The van der Waals surface area contributed by atoms with E-state index in [9.17, 15) is 0 Å². The summed E-state index contributed by atoms with van der Waals surface area (Å²) in [6, 6.07) is 4.20. The van der Waals surface area contributed by atoms with Crippen molar-refractivity contribution >= 4 is 33.6 Å². The smallest absolute Gasteiger partial charge is 0.140 e. The van der Waals surface area contributed by atoms with Gasteiger partial charge in [-0.1, -0.05) is 80.1 Å². The first-order valence-corrected chi connectivity index (χ1v) is 13.0. The fraction of sp³-hybridized carbons (Fsp3) is 0.731. The van der Waals surface area contributed by atoms with Crippen molar-refractivity contribution in [2.75, 3.05) is 0 Å². The van der Waals surface area contributed by atoms with Crippen LogP contribution in [0.4, 0.5) is 0 Å². The molecule has 29 heavy (non-hydrogen) atoms. The van der Waals surface area contributed by atoms with Crippen LogP contribution in [0.3, 0.4) is 0 Å². The van der Waals surface area contributed by atoms with Crippen LogP contribution >= 0.6 is 22.6 Å². The van der Waals surface area contributed by atoms with E-state index in [-0.39, 0.29) is 0 Å². The molecule has 0 spiro atoms. The lowest BCUT2D eigenvalue weighted by atomic mass is 9.60. The third-order valence-electron chi connectivity index (χ3n) is 7.32. The minimum atomic E-state index is 0.505. The maximum atomic E-state index is 4.57. The molecule has 0 unspecified atom stereocenters. The highest BCUT2D eigenvalue weighted by Gasteiger charge is 2.39. The Morgan fingerprint density at radius 2 is 1.41 bits per heavy atom. The average molecular weight is 511 g/mol. The summed E-state index contributed by atoms with van der Waals surface area (Å²) in [6.45, 7) is 15.7. The van der Waals surface area contributed by atoms with Gasteiger partial charge in [0.15, 0.2) is 0 Å². The molecule has 0 aliphatic rings. The van der Waals surface area contributed by atoms with E-state index >= 15 is 0 Å². The first-order chi connectivity index (χ1) is 13.8. The molecular formula is C26H43IN2. The molecule has 0 amide bonds. The van der Waals surface area contributed by atoms with Crippen LogP contribution in [0.1, 0.15) is 92.9 Å². The highest BCUT2D eigenvalue weighted by molar-refractivity contribution is 14.1. The number of hydrogen-bond acceptors (Lipinski definition) is 1. The van der Waals surface area contributed by atoms with E-state index in [1.807, 2.05) is 12.3 Å². The van der Waals surface area contributed by atoms with Gasteiger partial charge in [0.1, 0.15) is 5.65 Å². The molecular weight excluding hydrogens is 467 g/mol. The number of rotatable bonds is 13. The summed E-state index contributed by atoms with van der Waals surface area (Å²) in [6.07, 6.45) is 15.1. The van der Waals surface area contributed by atoms with Crippen LogP contribution < -0.4 is 0 Å². The quantitative estimate of drug-likeness (QED) is 0.195. The van der Waals surface area contributed by atoms with Crippen molar-refractivity contribution in [3.63, 3.8) is 0 Å². The maximum absolute atomic E-state index is 4.57. The fourth-order valence-electron chi connectivity index (χ4n) is 5.71. The number of halogens is 1. The van der Waals surface area contributed by atoms with Gasteiger partial charge in [-0.15, -0.1) is 0 Å². The molecule has 0 bridgehead atoms. The summed E-state index contributed by atoms with van der Waals surface area (Å²) in [5.74, 6) is 2.31. The van der Waals surface area contributed by atoms with E-state index in [2.05, 4.69) is 85.9 Å². The summed E-state index contributed by atoms with van der Waals surface area (Å²) < 4.78 is 3.64. The molecule has 2 rings (SSSR count). The Labute approximate surface area is 193 Å². The van der Waals surface area contributed by atoms with E-state index in [1.54, 1.807) is 0 Å². The van der Waals surface area contributed by atoms with Crippen LogP contribution in [0.5, 0.6) is 0 Å². The van der Waals surface area contributed by atoms with E-state index in [0.717, 1.165) is 29.9 Å². The molecule has 2 aromatic rings. The van der Waals surface area contributed by atoms with Crippen molar-refractivity contribution in [1.82, 2.24) is 9.55 Å². The first kappa shape index (κ1) is 24.7. The number of pyridine rings is 1. The first-order valence-electron chi connectivity index (χ1n) is 11.9. The van der Waals surface area contributed by atoms with Crippen LogP contribution in [-0.4, -0.2) is 9.55 Å². The largest absolute Gasteiger partial charge is 0.331 e. The molecule has 0 saturated carbocycles. The van der Waals surface area contributed by atoms with Crippen LogP contribution in [0.25, 0.3) is 11.0 Å². The van der Waals surface area contributed by atoms with Crippen molar-refractivity contribution in [2.45, 2.75) is 99.5 Å². The molecule has 0 radical (unpaired) electrons. The lowest BCUT2D eigenvalue weighted by molar-refractivity contribution is 0.0356. The Morgan fingerprint density at radius 1 is 0.862 bits per heavy atom. The molecule has 0 atom stereocenters. The minimum absolute atomic E-state index is 0.505. The number of aromatic nitrogens is 2. The fourth-order valence-corrected chi connectivity index (χ4v) is 6.47. The molecule has 2 heterocycles. The van der Waals surface area contributed by atoms with Gasteiger partial charge >= 0.3 is 0 Å². The van der Waals surface area contributed by atoms with Gasteiger partial charge in [0.05, 0.1) is 0 Å². The van der Waals surface area contributed by atoms with Gasteiger partial charge in [-0.25, -0.2) is 4.98 Å². The summed E-state index contributed by atoms with van der Waals surface area (Å²) in [4.78, 5) is 4.57. The number of hydrogen-bond donors (Lipinski definition) is 0. The van der Waals surface area contributed by atoms with Crippen molar-refractivity contribution in [2.24, 2.45) is 23.2 Å². The summed E-state index contributed by atoms with van der Waals surface area (Å²) in [7, 11) is 0. The molecule has 0 fully saturated rings. The molecule has 0 saturated heterocycles. The molecule has 0 aliphatic heterocycles. The van der Waals surface area contributed by atoms with Crippen LogP contribution in [0.15, 0.2) is 24.5 Å². The number of aryl methyl sites for hydroxylation is 1. The molecule has 2 nitrogen and oxygen atoms in total. The van der Waals surface area contributed by atoms with Crippen LogP contribution in [0.2, 0.25) is 0 Å². The maximum Gasteiger partial charge on any atom is 0.140 e. The monoisotopic (exact) mass is 510 g/mol. The zero-order valence-electron chi connectivity index (χ0n) is 19.7. The minimum Gasteiger partial charge on any atom is -0.331 e. The Bertz CT molecular complexity index is 708. The molecule has 3 heteroatoms. The second-order valence-corrected chi connectivity index (χ2v) is 11.0. The summed E-state index contributed by atoms with van der Waals surface area (Å²) in [5, 5.41) is 1.29. The van der Waals surface area contributed by atoms with Gasteiger partial charge < -0.3 is 4.57 Å². The molecule has 0 N–H and O–H groups in total. The van der Waals surface area contributed by atoms with Gasteiger partial charge in [0, 0.05) is 27.9 Å². The second-order valence-electron chi connectivity index (χ2n) is 9.85. The van der Waals surface area contributed by atoms with Gasteiger partial charge in [-0.2, -0.15) is 0 Å². The Morgan fingerprint density at radius 3 is 2.00 bits per heavy atom. The Balaban J connectivity index is 1.64. The van der Waals surface area contributed by atoms with Crippen molar-refractivity contribution in [1.29, 1.82) is 0 Å². The third-order valence-corrected chi connectivity index (χ3v) is 8.18. The van der Waals surface area contributed by atoms with Crippen molar-refractivity contribution in [3.8, 4) is 0 Å². The van der Waals surface area contributed by atoms with E-state index in [0.29, 0.717) is 5.41 Å². The van der Waals surface area contributed by atoms with E-state index < -0.39 is 0 Å². The zero-order chi connectivity index (χ0) is 21.4. The molecule has 2 aromatic heterocycles. The van der Waals surface area contributed by atoms with Crippen LogP contribution in [0, 0.1) is 26.7 Å². The lowest BCUT2D eigenvalue weighted by Gasteiger charge is -2.45. The van der Waals surface area contributed by atoms with E-state index in [1.165, 1.54) is 60.3 Å². The average Bonchev–Trinajstić information content (AvgIpc) is 2.98. The van der Waals surface area contributed by atoms with Gasteiger partial charge in [-0.3, -0.25) is 0 Å². The Kier molecular flexibility index (Phi) is 9.97. The number of fused-ring (bicyclic) bond motifs is 1. The van der Waals surface area contributed by atoms with Crippen molar-refractivity contribution in [3.05, 3.63) is 28.1 Å². The normalized spacial score (nSPS) is 12.8. The van der Waals surface area contributed by atoms with Crippen LogP contribution in [-0.2, 0) is 6.54 Å². The molecule has 0 aliphatic carbocycles. The number of unbranched alkanes of at least 4 members (excludes halogenated alkanes) is 6. The zero-order valence-corrected chi connectivity index (χ0v) is 21.8. The van der Waals surface area contributed by atoms with Gasteiger partial charge in [0.2, 0.25) is 0 Å². The predicted octanol–water partition coefficient (Wildman–Crippen LogP) is 8.72. The number of nitrogens with zero attached hydrogens (tertiary/aromatic N) is 2. The second kappa shape index (κ2) is 11.7. The standard InChI is InChI=1S/C26H43IN2/c1-20(2)26(21(3)4,22(5)6)16-12-10-8-7-9-11-13-18-29-19-24(27)23-15-14-17-28-25(23)29/h14-15,17,19-22H,7-13,16,18H2,1-6H3. The van der Waals surface area contributed by atoms with Gasteiger partial charge in [-0.05, 0) is 70.7 Å². The summed E-state index contributed by atoms with van der Waals surface area (Å²) in [5.41, 5.74) is 1.64. The molecule has 0 aromatic carbocycles. The predicted molar refractivity (Wildman–Crippen MR) is 136 cm³/mol. The topological polar surface area (TPSA) is 17.8 Å².